The molecule has 0 saturated carbocycles. The molecule has 1 unspecified atom stereocenters. The molecule has 2 heterocycles. The van der Waals surface area contributed by atoms with E-state index in [0.717, 1.165) is 22.8 Å². The molecule has 1 aromatic heterocycles. The van der Waals surface area contributed by atoms with E-state index in [0.29, 0.717) is 19.5 Å². The summed E-state index contributed by atoms with van der Waals surface area (Å²) in [5.74, 6) is -0.230. The van der Waals surface area contributed by atoms with Gasteiger partial charge in [-0.3, -0.25) is 4.79 Å². The van der Waals surface area contributed by atoms with Gasteiger partial charge in [-0.05, 0) is 17.7 Å². The average molecular weight is 361 g/mol. The summed E-state index contributed by atoms with van der Waals surface area (Å²) in [4.78, 5) is 19.3. The van der Waals surface area contributed by atoms with Crippen LogP contribution in [0, 0.1) is 5.82 Å². The van der Waals surface area contributed by atoms with Crippen molar-refractivity contribution in [1.82, 2.24) is 15.2 Å². The van der Waals surface area contributed by atoms with Crippen LogP contribution in [0.3, 0.4) is 0 Å². The number of amides is 1. The first-order chi connectivity index (χ1) is 11.8. The van der Waals surface area contributed by atoms with Crippen LogP contribution in [-0.4, -0.2) is 35.4 Å². The number of rotatable bonds is 3. The summed E-state index contributed by atoms with van der Waals surface area (Å²) in [6.45, 7) is 8.37. The van der Waals surface area contributed by atoms with Crippen LogP contribution >= 0.6 is 11.3 Å². The molecule has 0 aliphatic carbocycles. The standard InChI is InChI=1S/C19H24FN3OS/c1-19(2,3)18-22-15(12-25-18)10-17(24)23-8-7-21-11-16(23)13-5-4-6-14(20)9-13/h4-6,9,12,16,21H,7-8,10-11H2,1-3H3. The molecule has 1 aliphatic rings. The first kappa shape index (κ1) is 18.0. The molecule has 0 radical (unpaired) electrons. The minimum atomic E-state index is -0.273. The lowest BCUT2D eigenvalue weighted by Gasteiger charge is -2.36. The van der Waals surface area contributed by atoms with Crippen LogP contribution in [0.25, 0.3) is 0 Å². The van der Waals surface area contributed by atoms with Crippen molar-refractivity contribution < 1.29 is 9.18 Å². The Labute approximate surface area is 152 Å². The Morgan fingerprint density at radius 1 is 1.44 bits per heavy atom. The van der Waals surface area contributed by atoms with Crippen LogP contribution in [0.4, 0.5) is 4.39 Å². The lowest BCUT2D eigenvalue weighted by molar-refractivity contribution is -0.133. The number of halogens is 1. The monoisotopic (exact) mass is 361 g/mol. The van der Waals surface area contributed by atoms with Crippen LogP contribution in [0.5, 0.6) is 0 Å². The molecule has 1 fully saturated rings. The van der Waals surface area contributed by atoms with Gasteiger partial charge in [0.15, 0.2) is 0 Å². The minimum absolute atomic E-state index is 0.00882. The summed E-state index contributed by atoms with van der Waals surface area (Å²) in [5.41, 5.74) is 1.64. The molecule has 1 aliphatic heterocycles. The molecule has 3 rings (SSSR count). The summed E-state index contributed by atoms with van der Waals surface area (Å²) in [7, 11) is 0. The van der Waals surface area contributed by atoms with Gasteiger partial charge < -0.3 is 10.2 Å². The van der Waals surface area contributed by atoms with Gasteiger partial charge in [0.2, 0.25) is 5.91 Å². The molecule has 6 heteroatoms. The zero-order valence-electron chi connectivity index (χ0n) is 14.9. The van der Waals surface area contributed by atoms with Gasteiger partial charge in [0.1, 0.15) is 5.82 Å². The fraction of sp³-hybridized carbons (Fsp3) is 0.474. The van der Waals surface area contributed by atoms with Crippen molar-refractivity contribution in [2.75, 3.05) is 19.6 Å². The lowest BCUT2D eigenvalue weighted by atomic mass is 9.98. The fourth-order valence-corrected chi connectivity index (χ4v) is 3.91. The van der Waals surface area contributed by atoms with E-state index in [2.05, 4.69) is 31.1 Å². The SMILES string of the molecule is CC(C)(C)c1nc(CC(=O)N2CCNCC2c2cccc(F)c2)cs1. The third-order valence-electron chi connectivity index (χ3n) is 4.32. The van der Waals surface area contributed by atoms with Crippen molar-refractivity contribution in [3.63, 3.8) is 0 Å². The summed E-state index contributed by atoms with van der Waals surface area (Å²) in [6.07, 6.45) is 0.290. The van der Waals surface area contributed by atoms with Crippen LogP contribution in [0.2, 0.25) is 0 Å². The van der Waals surface area contributed by atoms with Gasteiger partial charge in [-0.1, -0.05) is 32.9 Å². The predicted octanol–water partition coefficient (Wildman–Crippen LogP) is 3.30. The lowest BCUT2D eigenvalue weighted by Crippen LogP contribution is -2.49. The first-order valence-electron chi connectivity index (χ1n) is 8.55. The average Bonchev–Trinajstić information content (AvgIpc) is 3.03. The van der Waals surface area contributed by atoms with Crippen LogP contribution in [-0.2, 0) is 16.6 Å². The van der Waals surface area contributed by atoms with E-state index >= 15 is 0 Å². The van der Waals surface area contributed by atoms with E-state index in [9.17, 15) is 9.18 Å². The van der Waals surface area contributed by atoms with Crippen molar-refractivity contribution >= 4 is 17.2 Å². The summed E-state index contributed by atoms with van der Waals surface area (Å²) in [6, 6.07) is 6.37. The number of nitrogens with one attached hydrogen (secondary N) is 1. The Balaban J connectivity index is 1.76. The summed E-state index contributed by atoms with van der Waals surface area (Å²) < 4.78 is 13.6. The van der Waals surface area contributed by atoms with Gasteiger partial charge in [-0.15, -0.1) is 11.3 Å². The number of hydrogen-bond acceptors (Lipinski definition) is 4. The number of thiazole rings is 1. The highest BCUT2D eigenvalue weighted by Gasteiger charge is 2.29. The number of carbonyl (C=O) groups excluding carboxylic acids is 1. The zero-order chi connectivity index (χ0) is 18.0. The molecule has 1 N–H and O–H groups in total. The van der Waals surface area contributed by atoms with Crippen molar-refractivity contribution in [1.29, 1.82) is 0 Å². The van der Waals surface area contributed by atoms with Crippen LogP contribution in [0.1, 0.15) is 43.1 Å². The highest BCUT2D eigenvalue weighted by Crippen LogP contribution is 2.27. The maximum Gasteiger partial charge on any atom is 0.229 e. The van der Waals surface area contributed by atoms with Gasteiger partial charge in [-0.25, -0.2) is 9.37 Å². The molecule has 0 bridgehead atoms. The number of benzene rings is 1. The third kappa shape index (κ3) is 4.25. The molecule has 2 aromatic rings. The highest BCUT2D eigenvalue weighted by atomic mass is 32.1. The van der Waals surface area contributed by atoms with Crippen molar-refractivity contribution in [2.45, 2.75) is 38.6 Å². The van der Waals surface area contributed by atoms with Crippen molar-refractivity contribution in [3.05, 3.63) is 51.7 Å². The Hall–Kier alpha value is -1.79. The second-order valence-electron chi connectivity index (χ2n) is 7.43. The van der Waals surface area contributed by atoms with Crippen LogP contribution in [0.15, 0.2) is 29.6 Å². The number of aromatic nitrogens is 1. The summed E-state index contributed by atoms with van der Waals surface area (Å²) in [5, 5.41) is 6.30. The van der Waals surface area contributed by atoms with Gasteiger partial charge >= 0.3 is 0 Å². The van der Waals surface area contributed by atoms with E-state index in [4.69, 9.17) is 0 Å². The Bertz CT molecular complexity index is 753. The molecule has 0 spiro atoms. The molecular formula is C19H24FN3OS. The van der Waals surface area contributed by atoms with E-state index in [1.54, 1.807) is 17.4 Å². The number of carbonyl (C=O) groups is 1. The van der Waals surface area contributed by atoms with E-state index in [-0.39, 0.29) is 23.2 Å². The molecule has 25 heavy (non-hydrogen) atoms. The number of nitrogens with zero attached hydrogens (tertiary/aromatic N) is 2. The molecule has 1 aromatic carbocycles. The quantitative estimate of drug-likeness (QED) is 0.912. The maximum absolute atomic E-state index is 13.6. The first-order valence-corrected chi connectivity index (χ1v) is 9.43. The number of piperazine rings is 1. The van der Waals surface area contributed by atoms with E-state index in [1.165, 1.54) is 12.1 Å². The van der Waals surface area contributed by atoms with Gasteiger partial charge in [0, 0.05) is 30.4 Å². The summed E-state index contributed by atoms with van der Waals surface area (Å²) >= 11 is 1.60. The van der Waals surface area contributed by atoms with Crippen LogP contribution < -0.4 is 5.32 Å². The second kappa shape index (κ2) is 7.22. The van der Waals surface area contributed by atoms with E-state index in [1.807, 2.05) is 16.3 Å². The maximum atomic E-state index is 13.6. The Kier molecular flexibility index (Phi) is 5.20. The minimum Gasteiger partial charge on any atom is -0.333 e. The fourth-order valence-electron chi connectivity index (χ4n) is 3.00. The third-order valence-corrected chi connectivity index (χ3v) is 5.64. The van der Waals surface area contributed by atoms with Gasteiger partial charge in [0.25, 0.3) is 0 Å². The molecule has 134 valence electrons. The topological polar surface area (TPSA) is 45.2 Å². The van der Waals surface area contributed by atoms with E-state index < -0.39 is 0 Å². The molecule has 1 saturated heterocycles. The Morgan fingerprint density at radius 2 is 2.24 bits per heavy atom. The largest absolute Gasteiger partial charge is 0.333 e. The zero-order valence-corrected chi connectivity index (χ0v) is 15.7. The van der Waals surface area contributed by atoms with Crippen molar-refractivity contribution in [3.8, 4) is 0 Å². The van der Waals surface area contributed by atoms with Gasteiger partial charge in [0.05, 0.1) is 23.2 Å². The molecule has 1 atom stereocenters. The predicted molar refractivity (Wildman–Crippen MR) is 98.2 cm³/mol. The second-order valence-corrected chi connectivity index (χ2v) is 8.29. The number of hydrogen-bond donors (Lipinski definition) is 1. The smallest absolute Gasteiger partial charge is 0.229 e. The molecular weight excluding hydrogens is 337 g/mol. The molecule has 4 nitrogen and oxygen atoms in total. The van der Waals surface area contributed by atoms with Crippen molar-refractivity contribution in [2.24, 2.45) is 0 Å². The molecule has 1 amide bonds. The highest BCUT2D eigenvalue weighted by molar-refractivity contribution is 7.09. The van der Waals surface area contributed by atoms with Gasteiger partial charge in [-0.2, -0.15) is 0 Å². The Morgan fingerprint density at radius 3 is 2.92 bits per heavy atom. The normalized spacial score (nSPS) is 18.4.